The molecule has 1 saturated carbocycles. The highest BCUT2D eigenvalue weighted by molar-refractivity contribution is 5.02. The molecule has 2 atom stereocenters. The summed E-state index contributed by atoms with van der Waals surface area (Å²) in [7, 11) is 4.76. The van der Waals surface area contributed by atoms with Crippen LogP contribution in [0, 0.1) is 11.8 Å². The van der Waals surface area contributed by atoms with Crippen LogP contribution in [-0.2, 0) is 0 Å². The number of nitrogens with zero attached hydrogens (tertiary/aromatic N) is 1. The summed E-state index contributed by atoms with van der Waals surface area (Å²) in [6, 6.07) is 0.466. The number of rotatable bonds is 10. The molecule has 0 aromatic carbocycles. The lowest BCUT2D eigenvalue weighted by Crippen LogP contribution is -2.48. The molecule has 24 heavy (non-hydrogen) atoms. The van der Waals surface area contributed by atoms with Crippen LogP contribution < -0.4 is 0 Å². The minimum atomic E-state index is 0.466. The van der Waals surface area contributed by atoms with Gasteiger partial charge in [0.1, 0.15) is 11.7 Å². The molecule has 1 aliphatic carbocycles. The van der Waals surface area contributed by atoms with Gasteiger partial charge in [0.05, 0.1) is 14.1 Å². The lowest BCUT2D eigenvalue weighted by atomic mass is 9.81. The van der Waals surface area contributed by atoms with Crippen LogP contribution in [0.25, 0.3) is 0 Å². The molecule has 1 heteroatoms. The molecule has 0 aromatic rings. The molecule has 0 N–H and O–H groups in total. The SMILES string of the molecule is C=C[C@H](CCC(=C)C)[N+](C)(C)/C(=C/CC)[C@@H](C)CC1CCCCC1. The van der Waals surface area contributed by atoms with E-state index in [4.69, 9.17) is 0 Å². The van der Waals surface area contributed by atoms with E-state index in [-0.39, 0.29) is 0 Å². The molecule has 0 aliphatic heterocycles. The Labute approximate surface area is 152 Å². The standard InChI is InChI=1S/C23H42N/c1-8-13-23(20(5)18-21-14-11-10-12-15-21)24(6,7)22(9-2)17-16-19(3)4/h9,13,20-22H,2-3,8,10-12,14-18H2,1,4-7H3/q+1/b23-13+/t20-,22+/m0/s1. The molecule has 0 unspecified atom stereocenters. The third kappa shape index (κ3) is 6.24. The van der Waals surface area contributed by atoms with Crippen LogP contribution in [0.5, 0.6) is 0 Å². The average molecular weight is 333 g/mol. The first-order valence-electron chi connectivity index (χ1n) is 10.1. The maximum atomic E-state index is 4.15. The van der Waals surface area contributed by atoms with Crippen molar-refractivity contribution in [1.29, 1.82) is 0 Å². The highest BCUT2D eigenvalue weighted by Crippen LogP contribution is 2.35. The zero-order chi connectivity index (χ0) is 18.2. The van der Waals surface area contributed by atoms with Gasteiger partial charge in [-0.1, -0.05) is 58.1 Å². The van der Waals surface area contributed by atoms with Crippen LogP contribution >= 0.6 is 0 Å². The molecule has 1 aliphatic rings. The second-order valence-electron chi connectivity index (χ2n) is 8.52. The van der Waals surface area contributed by atoms with Crippen molar-refractivity contribution >= 4 is 0 Å². The van der Waals surface area contributed by atoms with E-state index in [1.165, 1.54) is 44.1 Å². The minimum Gasteiger partial charge on any atom is -0.294 e. The van der Waals surface area contributed by atoms with Crippen molar-refractivity contribution in [3.63, 3.8) is 0 Å². The normalized spacial score (nSPS) is 19.8. The van der Waals surface area contributed by atoms with Gasteiger partial charge in [-0.25, -0.2) is 0 Å². The molecule has 0 amide bonds. The van der Waals surface area contributed by atoms with Crippen molar-refractivity contribution in [2.24, 2.45) is 11.8 Å². The van der Waals surface area contributed by atoms with Crippen molar-refractivity contribution in [3.8, 4) is 0 Å². The summed E-state index contributed by atoms with van der Waals surface area (Å²) >= 11 is 0. The first kappa shape index (κ1) is 21.2. The van der Waals surface area contributed by atoms with E-state index in [1.807, 2.05) is 0 Å². The zero-order valence-corrected chi connectivity index (χ0v) is 17.1. The van der Waals surface area contributed by atoms with E-state index in [2.05, 4.69) is 60.2 Å². The average Bonchev–Trinajstić information content (AvgIpc) is 2.53. The van der Waals surface area contributed by atoms with Crippen molar-refractivity contribution in [2.45, 2.75) is 84.6 Å². The Kier molecular flexibility index (Phi) is 9.05. The van der Waals surface area contributed by atoms with Crippen molar-refractivity contribution in [1.82, 2.24) is 0 Å². The lowest BCUT2D eigenvalue weighted by molar-refractivity contribution is -0.875. The molecule has 0 radical (unpaired) electrons. The van der Waals surface area contributed by atoms with Gasteiger partial charge in [0.25, 0.3) is 0 Å². The van der Waals surface area contributed by atoms with Crippen LogP contribution in [0.3, 0.4) is 0 Å². The van der Waals surface area contributed by atoms with Gasteiger partial charge in [0.2, 0.25) is 0 Å². The van der Waals surface area contributed by atoms with Gasteiger partial charge in [-0.3, -0.25) is 4.48 Å². The van der Waals surface area contributed by atoms with Crippen molar-refractivity contribution < 1.29 is 4.48 Å². The summed E-state index contributed by atoms with van der Waals surface area (Å²) in [5.41, 5.74) is 2.88. The maximum absolute atomic E-state index is 4.15. The van der Waals surface area contributed by atoms with Gasteiger partial charge >= 0.3 is 0 Å². The predicted octanol–water partition coefficient (Wildman–Crippen LogP) is 6.87. The van der Waals surface area contributed by atoms with Gasteiger partial charge < -0.3 is 0 Å². The molecule has 138 valence electrons. The van der Waals surface area contributed by atoms with E-state index in [0.717, 1.165) is 29.7 Å². The highest BCUT2D eigenvalue weighted by Gasteiger charge is 2.34. The van der Waals surface area contributed by atoms with Gasteiger partial charge in [0, 0.05) is 12.3 Å². The Balaban J connectivity index is 2.87. The topological polar surface area (TPSA) is 0 Å². The van der Waals surface area contributed by atoms with Crippen molar-refractivity contribution in [3.05, 3.63) is 36.6 Å². The largest absolute Gasteiger partial charge is 0.294 e. The molecule has 0 aromatic heterocycles. The third-order valence-electron chi connectivity index (χ3n) is 5.96. The summed E-state index contributed by atoms with van der Waals surface area (Å²) in [6.07, 6.45) is 16.6. The minimum absolute atomic E-state index is 0.466. The van der Waals surface area contributed by atoms with Crippen LogP contribution in [0.2, 0.25) is 0 Å². The Bertz CT molecular complexity index is 423. The van der Waals surface area contributed by atoms with Crippen LogP contribution in [-0.4, -0.2) is 24.6 Å². The molecular weight excluding hydrogens is 290 g/mol. The number of quaternary nitrogens is 1. The molecule has 0 heterocycles. The molecule has 1 fully saturated rings. The molecule has 0 saturated heterocycles. The predicted molar refractivity (Wildman–Crippen MR) is 109 cm³/mol. The summed E-state index contributed by atoms with van der Waals surface area (Å²) in [4.78, 5) is 0. The number of hydrogen-bond acceptors (Lipinski definition) is 0. The van der Waals surface area contributed by atoms with E-state index in [0.29, 0.717) is 12.0 Å². The maximum Gasteiger partial charge on any atom is 0.112 e. The molecule has 0 spiro atoms. The fraction of sp³-hybridized carbons (Fsp3) is 0.739. The van der Waals surface area contributed by atoms with Crippen LogP contribution in [0.4, 0.5) is 0 Å². The molecule has 0 bridgehead atoms. The third-order valence-corrected chi connectivity index (χ3v) is 5.96. The Hall–Kier alpha value is -0.820. The van der Waals surface area contributed by atoms with Gasteiger partial charge in [-0.05, 0) is 44.3 Å². The second kappa shape index (κ2) is 10.2. The zero-order valence-electron chi connectivity index (χ0n) is 17.1. The fourth-order valence-electron chi connectivity index (χ4n) is 4.55. The quantitative estimate of drug-likeness (QED) is 0.302. The van der Waals surface area contributed by atoms with E-state index < -0.39 is 0 Å². The molecular formula is C23H42N+. The van der Waals surface area contributed by atoms with Crippen LogP contribution in [0.15, 0.2) is 36.6 Å². The Morgan fingerprint density at radius 2 is 1.83 bits per heavy atom. The van der Waals surface area contributed by atoms with Crippen LogP contribution in [0.1, 0.15) is 78.6 Å². The summed E-state index contributed by atoms with van der Waals surface area (Å²) in [5.74, 6) is 1.60. The fourth-order valence-corrected chi connectivity index (χ4v) is 4.55. The van der Waals surface area contributed by atoms with Gasteiger partial charge in [-0.2, -0.15) is 0 Å². The van der Waals surface area contributed by atoms with E-state index >= 15 is 0 Å². The number of likely N-dealkylation sites (N-methyl/N-ethyl adjacent to an activating group) is 1. The van der Waals surface area contributed by atoms with E-state index in [1.54, 1.807) is 5.70 Å². The highest BCUT2D eigenvalue weighted by atomic mass is 15.3. The molecule has 1 nitrogen and oxygen atoms in total. The Morgan fingerprint density at radius 1 is 1.21 bits per heavy atom. The monoisotopic (exact) mass is 332 g/mol. The first-order chi connectivity index (χ1) is 11.3. The van der Waals surface area contributed by atoms with Crippen molar-refractivity contribution in [2.75, 3.05) is 14.1 Å². The summed E-state index contributed by atoms with van der Waals surface area (Å²) in [6.45, 7) is 15.1. The van der Waals surface area contributed by atoms with Gasteiger partial charge in [0.15, 0.2) is 0 Å². The smallest absolute Gasteiger partial charge is 0.112 e. The number of hydrogen-bond donors (Lipinski definition) is 0. The van der Waals surface area contributed by atoms with Gasteiger partial charge in [-0.15, -0.1) is 6.58 Å². The lowest BCUT2D eigenvalue weighted by Gasteiger charge is -2.41. The van der Waals surface area contributed by atoms with E-state index in [9.17, 15) is 0 Å². The number of allylic oxidation sites excluding steroid dienone is 3. The summed E-state index contributed by atoms with van der Waals surface area (Å²) in [5, 5.41) is 0. The first-order valence-corrected chi connectivity index (χ1v) is 10.1. The molecule has 1 rings (SSSR count). The second-order valence-corrected chi connectivity index (χ2v) is 8.52. The Morgan fingerprint density at radius 3 is 2.33 bits per heavy atom. The summed E-state index contributed by atoms with van der Waals surface area (Å²) < 4.78 is 0.957.